The molecule has 2 atom stereocenters. The first-order valence-corrected chi connectivity index (χ1v) is 8.82. The smallest absolute Gasteiger partial charge is 0.180 e. The van der Waals surface area contributed by atoms with E-state index in [2.05, 4.69) is 10.6 Å². The van der Waals surface area contributed by atoms with Crippen LogP contribution in [0, 0.1) is 0 Å². The van der Waals surface area contributed by atoms with Crippen molar-refractivity contribution < 1.29 is 28.5 Å². The molecule has 0 aromatic heterocycles. The maximum Gasteiger partial charge on any atom is 0.180 e. The molecule has 0 rings (SSSR count). The highest BCUT2D eigenvalue weighted by atomic mass is 16.5. The predicted molar refractivity (Wildman–Crippen MR) is 99.6 cm³/mol. The quantitative estimate of drug-likeness (QED) is 0.347. The summed E-state index contributed by atoms with van der Waals surface area (Å²) in [6, 6.07) is 0. The molecule has 2 unspecified atom stereocenters. The fraction of sp³-hybridized carbons (Fsp3) is 0.889. The first kappa shape index (κ1) is 25.1. The van der Waals surface area contributed by atoms with E-state index in [0.717, 1.165) is 12.8 Å². The number of carbonyl (C=O) groups is 2. The second-order valence-electron chi connectivity index (χ2n) is 6.80. The van der Waals surface area contributed by atoms with Crippen LogP contribution in [-0.4, -0.2) is 90.6 Å². The molecule has 0 bridgehead atoms. The monoisotopic (exact) mass is 376 g/mol. The van der Waals surface area contributed by atoms with E-state index < -0.39 is 11.1 Å². The number of methoxy groups -OCH3 is 4. The Balaban J connectivity index is 4.34. The van der Waals surface area contributed by atoms with Crippen molar-refractivity contribution in [1.29, 1.82) is 0 Å². The van der Waals surface area contributed by atoms with Crippen LogP contribution < -0.4 is 10.6 Å². The van der Waals surface area contributed by atoms with E-state index in [1.54, 1.807) is 14.2 Å². The van der Waals surface area contributed by atoms with Gasteiger partial charge in [-0.1, -0.05) is 0 Å². The van der Waals surface area contributed by atoms with Gasteiger partial charge in [0, 0.05) is 28.4 Å². The molecule has 8 nitrogen and oxygen atoms in total. The van der Waals surface area contributed by atoms with Crippen molar-refractivity contribution in [3.05, 3.63) is 0 Å². The van der Waals surface area contributed by atoms with Gasteiger partial charge in [0.1, 0.15) is 24.3 Å². The summed E-state index contributed by atoms with van der Waals surface area (Å²) in [6.45, 7) is 5.60. The topological polar surface area (TPSA) is 95.1 Å². The molecule has 0 aliphatic carbocycles. The van der Waals surface area contributed by atoms with Crippen LogP contribution in [0.15, 0.2) is 0 Å². The number of carbonyl (C=O) groups excluding carboxylic acids is 2. The second-order valence-corrected chi connectivity index (χ2v) is 6.80. The Morgan fingerprint density at radius 2 is 1.04 bits per heavy atom. The summed E-state index contributed by atoms with van der Waals surface area (Å²) >= 11 is 0. The maximum absolute atomic E-state index is 12.2. The summed E-state index contributed by atoms with van der Waals surface area (Å²) in [4.78, 5) is 24.3. The summed E-state index contributed by atoms with van der Waals surface area (Å²) in [5.41, 5.74) is -1.53. The normalized spacial score (nSPS) is 16.1. The van der Waals surface area contributed by atoms with E-state index in [4.69, 9.17) is 18.9 Å². The average molecular weight is 376 g/mol. The number of hydrogen-bond acceptors (Lipinski definition) is 8. The van der Waals surface area contributed by atoms with Crippen LogP contribution in [-0.2, 0) is 28.5 Å². The Morgan fingerprint density at radius 1 is 0.692 bits per heavy atom. The summed E-state index contributed by atoms with van der Waals surface area (Å²) in [7, 11) is 6.13. The van der Waals surface area contributed by atoms with Crippen molar-refractivity contribution in [3.63, 3.8) is 0 Å². The molecule has 0 heterocycles. The third-order valence-corrected chi connectivity index (χ3v) is 4.28. The van der Waals surface area contributed by atoms with Gasteiger partial charge in [0.15, 0.2) is 11.6 Å². The third-order valence-electron chi connectivity index (χ3n) is 4.28. The standard InChI is InChI=1S/C18H36N2O6/c1-17(13-25-5,15(21)11-23-3)19-9-7-8-10-20-18(2,14-26-6)16(22)12-24-4/h19-20H,7-14H2,1-6H3. The molecule has 0 fully saturated rings. The third kappa shape index (κ3) is 8.66. The van der Waals surface area contributed by atoms with E-state index in [1.165, 1.54) is 14.2 Å². The van der Waals surface area contributed by atoms with Crippen molar-refractivity contribution in [1.82, 2.24) is 10.6 Å². The van der Waals surface area contributed by atoms with E-state index in [1.807, 2.05) is 13.8 Å². The molecule has 154 valence electrons. The van der Waals surface area contributed by atoms with Gasteiger partial charge in [-0.25, -0.2) is 0 Å². The fourth-order valence-corrected chi connectivity index (χ4v) is 2.60. The van der Waals surface area contributed by atoms with Gasteiger partial charge in [0.05, 0.1) is 13.2 Å². The molecule has 0 aliphatic heterocycles. The molecule has 0 amide bonds. The molecule has 26 heavy (non-hydrogen) atoms. The predicted octanol–water partition coefficient (Wildman–Crippen LogP) is 0.187. The highest BCUT2D eigenvalue weighted by Crippen LogP contribution is 2.09. The van der Waals surface area contributed by atoms with Crippen LogP contribution in [0.1, 0.15) is 26.7 Å². The molecule has 0 radical (unpaired) electrons. The van der Waals surface area contributed by atoms with Gasteiger partial charge in [0.25, 0.3) is 0 Å². The van der Waals surface area contributed by atoms with Crippen LogP contribution in [0.3, 0.4) is 0 Å². The highest BCUT2D eigenvalue weighted by molar-refractivity contribution is 5.89. The lowest BCUT2D eigenvalue weighted by molar-refractivity contribution is -0.131. The average Bonchev–Trinajstić information content (AvgIpc) is 2.59. The van der Waals surface area contributed by atoms with E-state index in [9.17, 15) is 9.59 Å². The summed E-state index contributed by atoms with van der Waals surface area (Å²) in [6.07, 6.45) is 1.68. The minimum absolute atomic E-state index is 0.0437. The minimum Gasteiger partial charge on any atom is -0.382 e. The Kier molecular flexibility index (Phi) is 12.8. The maximum atomic E-state index is 12.2. The zero-order chi connectivity index (χ0) is 20.1. The minimum atomic E-state index is -0.767. The van der Waals surface area contributed by atoms with Crippen molar-refractivity contribution in [2.45, 2.75) is 37.8 Å². The Bertz CT molecular complexity index is 382. The molecular formula is C18H36N2O6. The highest BCUT2D eigenvalue weighted by Gasteiger charge is 2.33. The number of nitrogens with one attached hydrogen (secondary N) is 2. The van der Waals surface area contributed by atoms with E-state index >= 15 is 0 Å². The summed E-state index contributed by atoms with van der Waals surface area (Å²) in [5.74, 6) is -0.0874. The van der Waals surface area contributed by atoms with Crippen molar-refractivity contribution in [2.75, 3.05) is 68.0 Å². The van der Waals surface area contributed by atoms with Gasteiger partial charge >= 0.3 is 0 Å². The largest absolute Gasteiger partial charge is 0.382 e. The lowest BCUT2D eigenvalue weighted by atomic mass is 9.97. The van der Waals surface area contributed by atoms with Crippen molar-refractivity contribution in [3.8, 4) is 0 Å². The van der Waals surface area contributed by atoms with Crippen LogP contribution in [0.2, 0.25) is 0 Å². The Morgan fingerprint density at radius 3 is 1.31 bits per heavy atom. The van der Waals surface area contributed by atoms with Crippen molar-refractivity contribution >= 4 is 11.6 Å². The van der Waals surface area contributed by atoms with Gasteiger partial charge in [-0.15, -0.1) is 0 Å². The van der Waals surface area contributed by atoms with Crippen LogP contribution in [0.4, 0.5) is 0 Å². The van der Waals surface area contributed by atoms with Gasteiger partial charge in [0.2, 0.25) is 0 Å². The number of Topliss-reactive ketones (excluding diaryl/α,β-unsaturated/α-hetero) is 2. The zero-order valence-electron chi connectivity index (χ0n) is 17.1. The molecule has 0 spiro atoms. The molecule has 0 aliphatic rings. The van der Waals surface area contributed by atoms with Gasteiger partial charge in [-0.2, -0.15) is 0 Å². The lowest BCUT2D eigenvalue weighted by Gasteiger charge is -2.29. The Hall–Kier alpha value is -0.900. The van der Waals surface area contributed by atoms with Gasteiger partial charge < -0.3 is 29.6 Å². The molecule has 8 heteroatoms. The Labute approximate surface area is 157 Å². The summed E-state index contributed by atoms with van der Waals surface area (Å²) in [5, 5.41) is 6.51. The SMILES string of the molecule is COCC(=O)C(C)(COC)NCCCCNC(C)(COC)C(=O)COC. The fourth-order valence-electron chi connectivity index (χ4n) is 2.60. The molecule has 0 aromatic rings. The number of rotatable bonds is 17. The second kappa shape index (κ2) is 13.3. The van der Waals surface area contributed by atoms with Crippen LogP contribution in [0.5, 0.6) is 0 Å². The summed E-state index contributed by atoms with van der Waals surface area (Å²) < 4.78 is 20.2. The van der Waals surface area contributed by atoms with E-state index in [-0.39, 0.29) is 38.0 Å². The number of hydrogen-bond donors (Lipinski definition) is 2. The first-order chi connectivity index (χ1) is 12.3. The molecule has 0 aromatic carbocycles. The molecule has 2 N–H and O–H groups in total. The van der Waals surface area contributed by atoms with Gasteiger partial charge in [-0.3, -0.25) is 9.59 Å². The number of unbranched alkanes of at least 4 members (excludes halogenated alkanes) is 1. The number of ether oxygens (including phenoxy) is 4. The molecule has 0 saturated heterocycles. The lowest BCUT2D eigenvalue weighted by Crippen LogP contribution is -2.55. The molecular weight excluding hydrogens is 340 g/mol. The van der Waals surface area contributed by atoms with Crippen molar-refractivity contribution in [2.24, 2.45) is 0 Å². The van der Waals surface area contributed by atoms with Crippen LogP contribution >= 0.6 is 0 Å². The number of ketones is 2. The zero-order valence-corrected chi connectivity index (χ0v) is 17.1. The first-order valence-electron chi connectivity index (χ1n) is 8.82. The molecule has 0 saturated carbocycles. The van der Waals surface area contributed by atoms with Crippen LogP contribution in [0.25, 0.3) is 0 Å². The van der Waals surface area contributed by atoms with Gasteiger partial charge in [-0.05, 0) is 39.8 Å². The van der Waals surface area contributed by atoms with E-state index in [0.29, 0.717) is 13.1 Å².